The minimum absolute atomic E-state index is 0.0168. The number of hydrogen-bond donors (Lipinski definition) is 3. The largest absolute Gasteiger partial charge is 0.507 e. The molecule has 3 N–H and O–H groups in total. The van der Waals surface area contributed by atoms with E-state index in [4.69, 9.17) is 4.74 Å². The van der Waals surface area contributed by atoms with Crippen molar-refractivity contribution in [3.63, 3.8) is 0 Å². The molecule has 0 heterocycles. The summed E-state index contributed by atoms with van der Waals surface area (Å²) in [5, 5.41) is 26.3. The minimum Gasteiger partial charge on any atom is -0.507 e. The number of nitro groups is 1. The fourth-order valence-corrected chi connectivity index (χ4v) is 1.98. The first-order valence-electron chi connectivity index (χ1n) is 7.62. The third-order valence-corrected chi connectivity index (χ3v) is 3.41. The van der Waals surface area contributed by atoms with Gasteiger partial charge in [0.2, 0.25) is 0 Å². The summed E-state index contributed by atoms with van der Waals surface area (Å²) in [5.41, 5.74) is 2.51. The normalized spacial score (nSPS) is 10.4. The van der Waals surface area contributed by atoms with E-state index >= 15 is 0 Å². The Balaban J connectivity index is 1.88. The van der Waals surface area contributed by atoms with Gasteiger partial charge in [0.05, 0.1) is 18.2 Å². The highest BCUT2D eigenvalue weighted by Crippen LogP contribution is 2.21. The lowest BCUT2D eigenvalue weighted by Gasteiger charge is -2.05. The highest BCUT2D eigenvalue weighted by atomic mass is 16.6. The predicted octanol–water partition coefficient (Wildman–Crippen LogP) is 1.08. The Kier molecular flexibility index (Phi) is 6.42. The fourth-order valence-electron chi connectivity index (χ4n) is 1.98. The molecule has 10 nitrogen and oxygen atoms in total. The summed E-state index contributed by atoms with van der Waals surface area (Å²) in [5.74, 6) is -1.53. The first-order chi connectivity index (χ1) is 12.9. The van der Waals surface area contributed by atoms with E-state index in [0.717, 1.165) is 30.0 Å². The molecule has 0 aliphatic heterocycles. The molecule has 27 heavy (non-hydrogen) atoms. The van der Waals surface area contributed by atoms with Crippen LogP contribution in [-0.2, 0) is 16.1 Å². The fraction of sp³-hybridized carbons (Fsp3) is 0.118. The van der Waals surface area contributed by atoms with Crippen LogP contribution < -0.4 is 15.5 Å². The zero-order valence-electron chi connectivity index (χ0n) is 14.2. The number of hydrazone groups is 1. The van der Waals surface area contributed by atoms with Gasteiger partial charge in [-0.15, -0.1) is 0 Å². The van der Waals surface area contributed by atoms with Gasteiger partial charge >= 0.3 is 11.8 Å². The molecule has 0 saturated heterocycles. The van der Waals surface area contributed by atoms with Crippen LogP contribution in [0.25, 0.3) is 0 Å². The van der Waals surface area contributed by atoms with E-state index in [1.807, 2.05) is 5.43 Å². The lowest BCUT2D eigenvalue weighted by molar-refractivity contribution is -0.384. The van der Waals surface area contributed by atoms with Crippen LogP contribution >= 0.6 is 0 Å². The molecule has 0 unspecified atom stereocenters. The van der Waals surface area contributed by atoms with Crippen molar-refractivity contribution in [1.82, 2.24) is 10.7 Å². The molecule has 0 aromatic heterocycles. The van der Waals surface area contributed by atoms with Crippen molar-refractivity contribution in [2.24, 2.45) is 5.10 Å². The molecule has 0 saturated carbocycles. The van der Waals surface area contributed by atoms with Crippen LogP contribution in [0.5, 0.6) is 11.5 Å². The molecular formula is C17H16N4O6. The first-order valence-corrected chi connectivity index (χ1v) is 7.62. The quantitative estimate of drug-likeness (QED) is 0.300. The number of carbonyl (C=O) groups excluding carboxylic acids is 2. The number of nitrogens with zero attached hydrogens (tertiary/aromatic N) is 2. The smallest absolute Gasteiger partial charge is 0.329 e. The molecule has 10 heteroatoms. The second-order valence-corrected chi connectivity index (χ2v) is 5.23. The number of aromatic hydroxyl groups is 1. The van der Waals surface area contributed by atoms with E-state index in [1.165, 1.54) is 7.11 Å². The zero-order valence-corrected chi connectivity index (χ0v) is 14.2. The van der Waals surface area contributed by atoms with Gasteiger partial charge in [0.1, 0.15) is 11.5 Å². The lowest BCUT2D eigenvalue weighted by atomic mass is 10.2. The first kappa shape index (κ1) is 19.4. The Morgan fingerprint density at radius 1 is 1.22 bits per heavy atom. The number of non-ortho nitro benzene ring substituents is 1. The number of rotatable bonds is 6. The molecule has 0 spiro atoms. The van der Waals surface area contributed by atoms with Crippen molar-refractivity contribution in [3.8, 4) is 11.5 Å². The van der Waals surface area contributed by atoms with Crippen molar-refractivity contribution in [3.05, 3.63) is 63.7 Å². The number of phenols is 1. The van der Waals surface area contributed by atoms with Gasteiger partial charge in [-0.2, -0.15) is 5.10 Å². The van der Waals surface area contributed by atoms with Crippen LogP contribution in [0.2, 0.25) is 0 Å². The van der Waals surface area contributed by atoms with E-state index in [0.29, 0.717) is 5.75 Å². The average molecular weight is 372 g/mol. The summed E-state index contributed by atoms with van der Waals surface area (Å²) >= 11 is 0. The SMILES string of the molecule is COc1ccc(CNC(=O)C(=O)N/N=C\c2cc([N+](=O)[O-])ccc2O)cc1. The Morgan fingerprint density at radius 3 is 2.56 bits per heavy atom. The summed E-state index contributed by atoms with van der Waals surface area (Å²) < 4.78 is 5.02. The van der Waals surface area contributed by atoms with Crippen LogP contribution in [0.3, 0.4) is 0 Å². The average Bonchev–Trinajstić information content (AvgIpc) is 2.67. The van der Waals surface area contributed by atoms with E-state index in [-0.39, 0.29) is 23.5 Å². The Hall–Kier alpha value is -3.95. The molecule has 2 rings (SSSR count). The second-order valence-electron chi connectivity index (χ2n) is 5.23. The van der Waals surface area contributed by atoms with Crippen LogP contribution in [0, 0.1) is 10.1 Å². The molecule has 140 valence electrons. The van der Waals surface area contributed by atoms with Gasteiger partial charge < -0.3 is 15.2 Å². The maximum absolute atomic E-state index is 11.7. The number of phenolic OH excluding ortho intramolecular Hbond substituents is 1. The van der Waals surface area contributed by atoms with Crippen molar-refractivity contribution in [2.75, 3.05) is 7.11 Å². The van der Waals surface area contributed by atoms with E-state index in [2.05, 4.69) is 10.4 Å². The van der Waals surface area contributed by atoms with Crippen molar-refractivity contribution in [2.45, 2.75) is 6.54 Å². The van der Waals surface area contributed by atoms with Crippen LogP contribution in [0.15, 0.2) is 47.6 Å². The number of ether oxygens (including phenoxy) is 1. The zero-order chi connectivity index (χ0) is 19.8. The molecule has 2 amide bonds. The molecule has 2 aromatic rings. The van der Waals surface area contributed by atoms with Crippen molar-refractivity contribution >= 4 is 23.7 Å². The summed E-state index contributed by atoms with van der Waals surface area (Å²) in [7, 11) is 1.54. The number of nitrogens with one attached hydrogen (secondary N) is 2. The number of amides is 2. The van der Waals surface area contributed by atoms with E-state index in [1.54, 1.807) is 24.3 Å². The molecule has 2 aromatic carbocycles. The molecule has 0 bridgehead atoms. The summed E-state index contributed by atoms with van der Waals surface area (Å²) in [6.45, 7) is 0.131. The van der Waals surface area contributed by atoms with Gasteiger partial charge in [-0.25, -0.2) is 5.43 Å². The topological polar surface area (TPSA) is 143 Å². The maximum Gasteiger partial charge on any atom is 0.329 e. The number of benzene rings is 2. The number of nitro benzene ring substituents is 1. The van der Waals surface area contributed by atoms with Crippen LogP contribution in [0.4, 0.5) is 5.69 Å². The third kappa shape index (κ3) is 5.53. The number of hydrogen-bond acceptors (Lipinski definition) is 7. The van der Waals surface area contributed by atoms with Crippen LogP contribution in [-0.4, -0.2) is 35.2 Å². The van der Waals surface area contributed by atoms with Gasteiger partial charge in [-0.1, -0.05) is 12.1 Å². The van der Waals surface area contributed by atoms with Gasteiger partial charge in [-0.05, 0) is 23.8 Å². The Morgan fingerprint density at radius 2 is 1.93 bits per heavy atom. The monoisotopic (exact) mass is 372 g/mol. The van der Waals surface area contributed by atoms with Gasteiger partial charge in [-0.3, -0.25) is 19.7 Å². The van der Waals surface area contributed by atoms with Gasteiger partial charge in [0.15, 0.2) is 0 Å². The Bertz CT molecular complexity index is 879. The highest BCUT2D eigenvalue weighted by Gasteiger charge is 2.13. The number of carbonyl (C=O) groups is 2. The van der Waals surface area contributed by atoms with Gasteiger partial charge in [0.25, 0.3) is 5.69 Å². The van der Waals surface area contributed by atoms with Crippen molar-refractivity contribution < 1.29 is 24.4 Å². The minimum atomic E-state index is -1.02. The van der Waals surface area contributed by atoms with Crippen LogP contribution in [0.1, 0.15) is 11.1 Å². The number of methoxy groups -OCH3 is 1. The summed E-state index contributed by atoms with van der Waals surface area (Å²) in [6, 6.07) is 10.2. The molecule has 0 atom stereocenters. The van der Waals surface area contributed by atoms with E-state index in [9.17, 15) is 24.8 Å². The Labute approximate surface area is 153 Å². The standard InChI is InChI=1S/C17H16N4O6/c1-27-14-5-2-11(3-6-14)9-18-16(23)17(24)20-19-10-12-8-13(21(25)26)4-7-15(12)22/h2-8,10,22H,9H2,1H3,(H,18,23)(H,20,24)/b19-10-. The maximum atomic E-state index is 11.7. The third-order valence-electron chi connectivity index (χ3n) is 3.41. The second kappa shape index (κ2) is 8.94. The molecule has 0 fully saturated rings. The van der Waals surface area contributed by atoms with Gasteiger partial charge in [0, 0.05) is 24.2 Å². The van der Waals surface area contributed by atoms with E-state index < -0.39 is 16.7 Å². The van der Waals surface area contributed by atoms with Crippen molar-refractivity contribution in [1.29, 1.82) is 0 Å². The summed E-state index contributed by atoms with van der Waals surface area (Å²) in [4.78, 5) is 33.5. The lowest BCUT2D eigenvalue weighted by Crippen LogP contribution is -2.37. The highest BCUT2D eigenvalue weighted by molar-refractivity contribution is 6.35. The summed E-state index contributed by atoms with van der Waals surface area (Å²) in [6.07, 6.45) is 0.997. The molecular weight excluding hydrogens is 356 g/mol. The predicted molar refractivity (Wildman–Crippen MR) is 95.3 cm³/mol. The molecule has 0 aliphatic carbocycles. The molecule has 0 radical (unpaired) electrons. The molecule has 0 aliphatic rings.